The first-order valence-electron chi connectivity index (χ1n) is 7.33. The molecule has 3 N–H and O–H groups in total. The predicted octanol–water partition coefficient (Wildman–Crippen LogP) is 3.41. The molecule has 3 rings (SSSR count). The van der Waals surface area contributed by atoms with Gasteiger partial charge in [0.05, 0.1) is 16.2 Å². The summed E-state index contributed by atoms with van der Waals surface area (Å²) in [7, 11) is 0. The lowest BCUT2D eigenvalue weighted by Gasteiger charge is -2.05. The first-order chi connectivity index (χ1) is 11.4. The van der Waals surface area contributed by atoms with E-state index in [9.17, 15) is 13.6 Å². The molecule has 0 saturated heterocycles. The number of aromatic amines is 2. The lowest BCUT2D eigenvalue weighted by Crippen LogP contribution is -2.26. The number of nitrogens with one attached hydrogen (secondary N) is 3. The van der Waals surface area contributed by atoms with Gasteiger partial charge in [-0.05, 0) is 31.9 Å². The summed E-state index contributed by atoms with van der Waals surface area (Å²) < 4.78 is 27.2. The minimum absolute atomic E-state index is 0.127. The number of carbonyl (C=O) groups is 1. The predicted molar refractivity (Wildman–Crippen MR) is 87.3 cm³/mol. The highest BCUT2D eigenvalue weighted by atomic mass is 35.5. The second-order valence-corrected chi connectivity index (χ2v) is 5.93. The molecule has 0 aliphatic rings. The fourth-order valence-corrected chi connectivity index (χ4v) is 2.85. The molecule has 24 heavy (non-hydrogen) atoms. The van der Waals surface area contributed by atoms with E-state index < -0.39 is 17.5 Å². The number of hydrogen-bond acceptors (Lipinski definition) is 2. The Morgan fingerprint density at radius 1 is 1.29 bits per heavy atom. The summed E-state index contributed by atoms with van der Waals surface area (Å²) in [6.07, 6.45) is 0.418. The van der Waals surface area contributed by atoms with Crippen LogP contribution in [0.2, 0.25) is 5.02 Å². The number of aryl methyl sites for hydroxylation is 2. The molecule has 0 fully saturated rings. The van der Waals surface area contributed by atoms with Crippen molar-refractivity contribution in [3.63, 3.8) is 0 Å². The molecule has 1 amide bonds. The van der Waals surface area contributed by atoms with Gasteiger partial charge in [0.1, 0.15) is 11.6 Å². The van der Waals surface area contributed by atoms with Crippen molar-refractivity contribution in [1.29, 1.82) is 0 Å². The van der Waals surface area contributed by atoms with Crippen LogP contribution in [0.25, 0.3) is 10.9 Å². The average molecular weight is 353 g/mol. The fraction of sp³-hybridized carbons (Fsp3) is 0.250. The molecule has 0 unspecified atom stereocenters. The van der Waals surface area contributed by atoms with E-state index in [4.69, 9.17) is 11.6 Å². The molecule has 0 aliphatic heterocycles. The fourth-order valence-electron chi connectivity index (χ4n) is 2.68. The van der Waals surface area contributed by atoms with E-state index in [0.29, 0.717) is 17.5 Å². The molecular weight excluding hydrogens is 338 g/mol. The quantitative estimate of drug-likeness (QED) is 0.673. The Hall–Kier alpha value is -2.41. The number of amides is 1. The average Bonchev–Trinajstić information content (AvgIpc) is 3.01. The van der Waals surface area contributed by atoms with Crippen molar-refractivity contribution in [2.45, 2.75) is 20.3 Å². The largest absolute Gasteiger partial charge is 0.356 e. The molecule has 0 aliphatic carbocycles. The van der Waals surface area contributed by atoms with E-state index in [1.54, 1.807) is 13.8 Å². The Morgan fingerprint density at radius 2 is 2.04 bits per heavy atom. The van der Waals surface area contributed by atoms with E-state index >= 15 is 0 Å². The maximum absolute atomic E-state index is 13.8. The van der Waals surface area contributed by atoms with Gasteiger partial charge in [0.15, 0.2) is 5.69 Å². The van der Waals surface area contributed by atoms with Crippen LogP contribution in [0.3, 0.4) is 0 Å². The van der Waals surface area contributed by atoms with E-state index in [1.807, 2.05) is 0 Å². The number of halogens is 3. The Labute approximate surface area is 141 Å². The SMILES string of the molecule is Cc1[nH]nc(C(=O)NCCc2c(C)[nH]c3c(F)cc(F)cc23)c1Cl. The first-order valence-corrected chi connectivity index (χ1v) is 7.71. The minimum atomic E-state index is -0.637. The zero-order valence-electron chi connectivity index (χ0n) is 13.1. The maximum Gasteiger partial charge on any atom is 0.273 e. The highest BCUT2D eigenvalue weighted by molar-refractivity contribution is 6.34. The Morgan fingerprint density at radius 3 is 2.71 bits per heavy atom. The van der Waals surface area contributed by atoms with E-state index in [2.05, 4.69) is 20.5 Å². The van der Waals surface area contributed by atoms with E-state index in [1.165, 1.54) is 6.07 Å². The molecule has 3 aromatic rings. The molecule has 0 atom stereocenters. The van der Waals surface area contributed by atoms with Crippen molar-refractivity contribution in [2.75, 3.05) is 6.54 Å². The van der Waals surface area contributed by atoms with Crippen LogP contribution in [0.4, 0.5) is 8.78 Å². The van der Waals surface area contributed by atoms with Gasteiger partial charge in [-0.1, -0.05) is 11.6 Å². The summed E-state index contributed by atoms with van der Waals surface area (Å²) >= 11 is 5.98. The van der Waals surface area contributed by atoms with E-state index in [0.717, 1.165) is 17.3 Å². The van der Waals surface area contributed by atoms with Gasteiger partial charge in [-0.2, -0.15) is 5.10 Å². The number of benzene rings is 1. The number of fused-ring (bicyclic) bond motifs is 1. The number of hydrogen-bond donors (Lipinski definition) is 3. The molecule has 0 bridgehead atoms. The van der Waals surface area contributed by atoms with Gasteiger partial charge in [0, 0.05) is 23.7 Å². The van der Waals surface area contributed by atoms with Crippen molar-refractivity contribution < 1.29 is 13.6 Å². The van der Waals surface area contributed by atoms with Crippen LogP contribution in [0.5, 0.6) is 0 Å². The van der Waals surface area contributed by atoms with Gasteiger partial charge in [-0.25, -0.2) is 8.78 Å². The lowest BCUT2D eigenvalue weighted by atomic mass is 10.1. The third-order valence-corrected chi connectivity index (χ3v) is 4.36. The van der Waals surface area contributed by atoms with Crippen LogP contribution in [0.15, 0.2) is 12.1 Å². The highest BCUT2D eigenvalue weighted by Crippen LogP contribution is 2.26. The molecular formula is C16H15ClF2N4O. The van der Waals surface area contributed by atoms with Crippen molar-refractivity contribution in [1.82, 2.24) is 20.5 Å². The number of carbonyl (C=O) groups excluding carboxylic acids is 1. The normalized spacial score (nSPS) is 11.2. The zero-order valence-corrected chi connectivity index (χ0v) is 13.8. The van der Waals surface area contributed by atoms with Crippen LogP contribution in [0.1, 0.15) is 27.4 Å². The third-order valence-electron chi connectivity index (χ3n) is 3.89. The number of rotatable bonds is 4. The number of aromatic nitrogens is 3. The lowest BCUT2D eigenvalue weighted by molar-refractivity contribution is 0.0949. The zero-order chi connectivity index (χ0) is 17.4. The van der Waals surface area contributed by atoms with Crippen LogP contribution in [-0.2, 0) is 6.42 Å². The third kappa shape index (κ3) is 2.87. The standard InChI is InChI=1S/C16H15ClF2N4O/c1-7-10(11-5-9(18)6-12(19)14(11)21-7)3-4-20-16(24)15-13(17)8(2)22-23-15/h5-6,21H,3-4H2,1-2H3,(H,20,24)(H,22,23). The number of nitrogens with zero attached hydrogens (tertiary/aromatic N) is 1. The summed E-state index contributed by atoms with van der Waals surface area (Å²) in [6.45, 7) is 3.78. The van der Waals surface area contributed by atoms with Gasteiger partial charge >= 0.3 is 0 Å². The van der Waals surface area contributed by atoms with Crippen molar-refractivity contribution in [3.05, 3.63) is 51.4 Å². The monoisotopic (exact) mass is 352 g/mol. The Balaban J connectivity index is 1.75. The summed E-state index contributed by atoms with van der Waals surface area (Å²) in [5.74, 6) is -1.68. The molecule has 2 heterocycles. The Kier molecular flexibility index (Phi) is 4.28. The smallest absolute Gasteiger partial charge is 0.273 e. The van der Waals surface area contributed by atoms with Gasteiger partial charge < -0.3 is 10.3 Å². The maximum atomic E-state index is 13.8. The summed E-state index contributed by atoms with van der Waals surface area (Å²) in [5, 5.41) is 9.95. The van der Waals surface area contributed by atoms with Gasteiger partial charge in [0.2, 0.25) is 0 Å². The van der Waals surface area contributed by atoms with Gasteiger partial charge in [-0.3, -0.25) is 9.89 Å². The van der Waals surface area contributed by atoms with Gasteiger partial charge in [-0.15, -0.1) is 0 Å². The molecule has 0 saturated carbocycles. The van der Waals surface area contributed by atoms with E-state index in [-0.39, 0.29) is 22.8 Å². The number of H-pyrrole nitrogens is 2. The summed E-state index contributed by atoms with van der Waals surface area (Å²) in [5.41, 5.74) is 2.49. The van der Waals surface area contributed by atoms with Crippen LogP contribution in [0, 0.1) is 25.5 Å². The highest BCUT2D eigenvalue weighted by Gasteiger charge is 2.17. The van der Waals surface area contributed by atoms with Crippen molar-refractivity contribution >= 4 is 28.4 Å². The van der Waals surface area contributed by atoms with Crippen LogP contribution < -0.4 is 5.32 Å². The minimum Gasteiger partial charge on any atom is -0.356 e. The molecule has 8 heteroatoms. The topological polar surface area (TPSA) is 73.6 Å². The summed E-state index contributed by atoms with van der Waals surface area (Å²) in [6, 6.07) is 2.12. The second kappa shape index (κ2) is 6.24. The van der Waals surface area contributed by atoms with Crippen LogP contribution in [-0.4, -0.2) is 27.6 Å². The Bertz CT molecular complexity index is 932. The molecule has 0 radical (unpaired) electrons. The molecule has 126 valence electrons. The van der Waals surface area contributed by atoms with Crippen LogP contribution >= 0.6 is 11.6 Å². The molecule has 0 spiro atoms. The first kappa shape index (κ1) is 16.4. The molecule has 1 aromatic carbocycles. The van der Waals surface area contributed by atoms with Crippen molar-refractivity contribution in [2.24, 2.45) is 0 Å². The molecule has 2 aromatic heterocycles. The van der Waals surface area contributed by atoms with Gasteiger partial charge in [0.25, 0.3) is 5.91 Å². The second-order valence-electron chi connectivity index (χ2n) is 5.56. The van der Waals surface area contributed by atoms with Crippen molar-refractivity contribution in [3.8, 4) is 0 Å². The molecule has 5 nitrogen and oxygen atoms in total. The summed E-state index contributed by atoms with van der Waals surface area (Å²) in [4.78, 5) is 15.0.